The van der Waals surface area contributed by atoms with Crippen LogP contribution < -0.4 is 0 Å². The highest BCUT2D eigenvalue weighted by Gasteiger charge is 2.19. The van der Waals surface area contributed by atoms with E-state index in [0.717, 1.165) is 5.57 Å². The summed E-state index contributed by atoms with van der Waals surface area (Å²) in [5.41, 5.74) is 7.75. The van der Waals surface area contributed by atoms with Gasteiger partial charge in [0, 0.05) is 0 Å². The molecule has 0 bridgehead atoms. The molecule has 0 nitrogen and oxygen atoms in total. The van der Waals surface area contributed by atoms with Crippen LogP contribution in [0.2, 0.25) is 0 Å². The fourth-order valence-corrected chi connectivity index (χ4v) is 2.67. The Labute approximate surface area is 154 Å². The normalized spacial score (nSPS) is 12.6. The molecule has 0 aromatic heterocycles. The third kappa shape index (κ3) is 5.19. The molecule has 0 fully saturated rings. The Morgan fingerprint density at radius 1 is 0.800 bits per heavy atom. The van der Waals surface area contributed by atoms with Crippen LogP contribution in [0.5, 0.6) is 0 Å². The molecule has 132 valence electrons. The lowest BCUT2D eigenvalue weighted by atomic mass is 9.79. The molecule has 0 unspecified atom stereocenters. The Morgan fingerprint density at radius 3 is 1.72 bits per heavy atom. The van der Waals surface area contributed by atoms with E-state index in [-0.39, 0.29) is 10.8 Å². The molecular weight excluding hydrogens is 300 g/mol. The van der Waals surface area contributed by atoms with Gasteiger partial charge in [0.25, 0.3) is 0 Å². The highest BCUT2D eigenvalue weighted by atomic mass is 14.2. The van der Waals surface area contributed by atoms with Gasteiger partial charge in [-0.25, -0.2) is 0 Å². The van der Waals surface area contributed by atoms with E-state index in [9.17, 15) is 0 Å². The SMILES string of the molecule is C=C(/C=C/c1cc(C(C)(C)C)cc(C(C)(C)C)c1)c1ccc(C)cc1. The Hall–Kier alpha value is -2.08. The standard InChI is InChI=1S/C25H32/c1-18-9-13-21(14-10-18)19(2)11-12-20-15-22(24(3,4)5)17-23(16-20)25(6,7)8/h9-17H,2H2,1,3-8H3/b12-11+. The monoisotopic (exact) mass is 332 g/mol. The van der Waals surface area contributed by atoms with Crippen molar-refractivity contribution in [1.82, 2.24) is 0 Å². The van der Waals surface area contributed by atoms with Crippen LogP contribution in [0, 0.1) is 6.92 Å². The molecule has 0 radical (unpaired) electrons. The van der Waals surface area contributed by atoms with E-state index in [1.807, 2.05) is 0 Å². The van der Waals surface area contributed by atoms with E-state index in [2.05, 4.69) is 110 Å². The van der Waals surface area contributed by atoms with Gasteiger partial charge in [-0.05, 0) is 45.6 Å². The summed E-state index contributed by atoms with van der Waals surface area (Å²) in [6.07, 6.45) is 4.31. The van der Waals surface area contributed by atoms with Crippen molar-refractivity contribution >= 4 is 11.6 Å². The number of rotatable bonds is 3. The summed E-state index contributed by atoms with van der Waals surface area (Å²) in [7, 11) is 0. The van der Waals surface area contributed by atoms with Gasteiger partial charge in [-0.15, -0.1) is 0 Å². The van der Waals surface area contributed by atoms with Crippen molar-refractivity contribution in [3.05, 3.63) is 82.9 Å². The zero-order chi connectivity index (χ0) is 18.8. The molecule has 2 aromatic rings. The predicted molar refractivity (Wildman–Crippen MR) is 113 cm³/mol. The summed E-state index contributed by atoms with van der Waals surface area (Å²) in [5.74, 6) is 0. The molecule has 2 aromatic carbocycles. The van der Waals surface area contributed by atoms with Gasteiger partial charge in [-0.3, -0.25) is 0 Å². The molecule has 0 N–H and O–H groups in total. The third-order valence-corrected chi connectivity index (χ3v) is 4.59. The van der Waals surface area contributed by atoms with Gasteiger partial charge in [-0.2, -0.15) is 0 Å². The van der Waals surface area contributed by atoms with Crippen LogP contribution in [0.3, 0.4) is 0 Å². The zero-order valence-electron chi connectivity index (χ0n) is 16.9. The van der Waals surface area contributed by atoms with Gasteiger partial charge in [0.2, 0.25) is 0 Å². The Morgan fingerprint density at radius 2 is 1.28 bits per heavy atom. The summed E-state index contributed by atoms with van der Waals surface area (Å²) in [6, 6.07) is 15.5. The van der Waals surface area contributed by atoms with E-state index in [1.54, 1.807) is 0 Å². The number of benzene rings is 2. The van der Waals surface area contributed by atoms with E-state index < -0.39 is 0 Å². The van der Waals surface area contributed by atoms with Crippen LogP contribution in [0.25, 0.3) is 11.6 Å². The fourth-order valence-electron chi connectivity index (χ4n) is 2.67. The van der Waals surface area contributed by atoms with Crippen LogP contribution in [-0.4, -0.2) is 0 Å². The second-order valence-electron chi connectivity index (χ2n) is 9.07. The molecule has 0 aliphatic rings. The lowest BCUT2D eigenvalue weighted by Gasteiger charge is -2.25. The maximum atomic E-state index is 4.23. The minimum atomic E-state index is 0.137. The van der Waals surface area contributed by atoms with Crippen LogP contribution >= 0.6 is 0 Å². The predicted octanol–water partition coefficient (Wildman–Crippen LogP) is 7.32. The second kappa shape index (κ2) is 7.04. The Balaban J connectivity index is 2.37. The summed E-state index contributed by atoms with van der Waals surface area (Å²) in [6.45, 7) is 20.0. The number of allylic oxidation sites excluding steroid dienone is 2. The fraction of sp³-hybridized carbons (Fsp3) is 0.360. The highest BCUT2D eigenvalue weighted by Crippen LogP contribution is 2.31. The molecule has 25 heavy (non-hydrogen) atoms. The maximum Gasteiger partial charge on any atom is -0.0132 e. The van der Waals surface area contributed by atoms with E-state index in [4.69, 9.17) is 0 Å². The molecule has 0 spiro atoms. The van der Waals surface area contributed by atoms with Crippen molar-refractivity contribution in [2.24, 2.45) is 0 Å². The van der Waals surface area contributed by atoms with Gasteiger partial charge < -0.3 is 0 Å². The van der Waals surface area contributed by atoms with Gasteiger partial charge in [0.1, 0.15) is 0 Å². The summed E-state index contributed by atoms with van der Waals surface area (Å²) in [4.78, 5) is 0. The molecule has 0 heteroatoms. The molecular formula is C25H32. The number of hydrogen-bond acceptors (Lipinski definition) is 0. The number of hydrogen-bond donors (Lipinski definition) is 0. The average Bonchev–Trinajstić information content (AvgIpc) is 2.51. The minimum absolute atomic E-state index is 0.137. The van der Waals surface area contributed by atoms with Crippen molar-refractivity contribution in [2.75, 3.05) is 0 Å². The molecule has 0 saturated heterocycles. The molecule has 2 rings (SSSR count). The van der Waals surface area contributed by atoms with Crippen molar-refractivity contribution in [1.29, 1.82) is 0 Å². The van der Waals surface area contributed by atoms with E-state index >= 15 is 0 Å². The van der Waals surface area contributed by atoms with Crippen LogP contribution in [0.4, 0.5) is 0 Å². The van der Waals surface area contributed by atoms with Gasteiger partial charge in [-0.1, -0.05) is 108 Å². The van der Waals surface area contributed by atoms with Gasteiger partial charge in [0.05, 0.1) is 0 Å². The van der Waals surface area contributed by atoms with Gasteiger partial charge >= 0.3 is 0 Å². The molecule has 0 heterocycles. The molecule has 0 atom stereocenters. The Kier molecular flexibility index (Phi) is 5.42. The molecule has 0 aliphatic carbocycles. The van der Waals surface area contributed by atoms with Crippen molar-refractivity contribution in [3.8, 4) is 0 Å². The second-order valence-corrected chi connectivity index (χ2v) is 9.07. The summed E-state index contributed by atoms with van der Waals surface area (Å²) < 4.78 is 0. The van der Waals surface area contributed by atoms with Crippen molar-refractivity contribution in [3.63, 3.8) is 0 Å². The first-order valence-electron chi connectivity index (χ1n) is 9.07. The lowest BCUT2D eigenvalue weighted by Crippen LogP contribution is -2.16. The van der Waals surface area contributed by atoms with E-state index in [0.29, 0.717) is 0 Å². The van der Waals surface area contributed by atoms with Crippen molar-refractivity contribution < 1.29 is 0 Å². The molecule has 0 aliphatic heterocycles. The average molecular weight is 333 g/mol. The largest absolute Gasteiger partial charge is 0.0912 e. The quantitative estimate of drug-likeness (QED) is 0.517. The maximum absolute atomic E-state index is 4.23. The minimum Gasteiger partial charge on any atom is -0.0912 e. The van der Waals surface area contributed by atoms with Crippen LogP contribution in [0.15, 0.2) is 55.1 Å². The smallest absolute Gasteiger partial charge is 0.0132 e. The zero-order valence-corrected chi connectivity index (χ0v) is 16.9. The van der Waals surface area contributed by atoms with E-state index in [1.165, 1.54) is 27.8 Å². The third-order valence-electron chi connectivity index (χ3n) is 4.59. The van der Waals surface area contributed by atoms with Crippen LogP contribution in [-0.2, 0) is 10.8 Å². The topological polar surface area (TPSA) is 0 Å². The first kappa shape index (κ1) is 19.2. The van der Waals surface area contributed by atoms with Crippen LogP contribution in [0.1, 0.15) is 69.4 Å². The Bertz CT molecular complexity index is 740. The summed E-state index contributed by atoms with van der Waals surface area (Å²) >= 11 is 0. The van der Waals surface area contributed by atoms with Crippen molar-refractivity contribution in [2.45, 2.75) is 59.3 Å². The molecule has 0 amide bonds. The first-order chi connectivity index (χ1) is 11.5. The highest BCUT2D eigenvalue weighted by molar-refractivity contribution is 5.77. The number of aryl methyl sites for hydroxylation is 1. The first-order valence-corrected chi connectivity index (χ1v) is 9.07. The van der Waals surface area contributed by atoms with Gasteiger partial charge in [0.15, 0.2) is 0 Å². The lowest BCUT2D eigenvalue weighted by molar-refractivity contribution is 0.568. The summed E-state index contributed by atoms with van der Waals surface area (Å²) in [5, 5.41) is 0. The molecule has 0 saturated carbocycles.